The molecule has 1 rings (SSSR count). The number of hydrogen-bond acceptors (Lipinski definition) is 3. The van der Waals surface area contributed by atoms with Gasteiger partial charge in [-0.3, -0.25) is 0 Å². The molecule has 0 saturated carbocycles. The third-order valence-corrected chi connectivity index (χ3v) is 2.34. The minimum Gasteiger partial charge on any atom is -0.507 e. The zero-order chi connectivity index (χ0) is 14.1. The van der Waals surface area contributed by atoms with Crippen LogP contribution in [0.5, 0.6) is 11.5 Å². The summed E-state index contributed by atoms with van der Waals surface area (Å²) < 4.78 is 67.3. The highest BCUT2D eigenvalue weighted by Crippen LogP contribution is 2.47. The van der Waals surface area contributed by atoms with Crippen LogP contribution in [-0.2, 0) is 0 Å². The van der Waals surface area contributed by atoms with Crippen molar-refractivity contribution >= 4 is 0 Å². The van der Waals surface area contributed by atoms with Crippen LogP contribution < -0.4 is 10.5 Å². The maximum absolute atomic E-state index is 13.1. The highest BCUT2D eigenvalue weighted by Gasteiger charge is 2.62. The van der Waals surface area contributed by atoms with Gasteiger partial charge in [0.25, 0.3) is 0 Å². The molecule has 0 heterocycles. The number of phenolic OH excluding ortho intramolecular Hbond substituents is 1. The summed E-state index contributed by atoms with van der Waals surface area (Å²) in [6.45, 7) is 0. The van der Waals surface area contributed by atoms with E-state index in [1.54, 1.807) is 0 Å². The number of ether oxygens (including phenoxy) is 1. The van der Waals surface area contributed by atoms with Crippen molar-refractivity contribution in [3.63, 3.8) is 0 Å². The third kappa shape index (κ3) is 2.33. The van der Waals surface area contributed by atoms with E-state index in [4.69, 9.17) is 5.73 Å². The molecule has 3 nitrogen and oxygen atoms in total. The number of phenols is 1. The van der Waals surface area contributed by atoms with Gasteiger partial charge in [0.15, 0.2) is 0 Å². The van der Waals surface area contributed by atoms with Gasteiger partial charge in [-0.15, -0.1) is 0 Å². The Balaban J connectivity index is 3.31. The fraction of sp³-hybridized carbons (Fsp3) is 0.400. The van der Waals surface area contributed by atoms with Crippen molar-refractivity contribution in [1.29, 1.82) is 0 Å². The maximum atomic E-state index is 13.1. The Kier molecular flexibility index (Phi) is 3.70. The molecule has 0 aliphatic rings. The van der Waals surface area contributed by atoms with E-state index in [9.17, 15) is 27.1 Å². The Hall–Kier alpha value is -1.57. The van der Waals surface area contributed by atoms with Crippen LogP contribution in [0.3, 0.4) is 0 Å². The molecule has 0 aromatic heterocycles. The van der Waals surface area contributed by atoms with Crippen molar-refractivity contribution in [2.45, 2.75) is 18.1 Å². The van der Waals surface area contributed by atoms with Crippen LogP contribution in [0.4, 0.5) is 22.0 Å². The summed E-state index contributed by atoms with van der Waals surface area (Å²) in [5, 5.41) is 9.36. The Labute approximate surface area is 99.0 Å². The molecule has 0 unspecified atom stereocenters. The van der Waals surface area contributed by atoms with Gasteiger partial charge in [-0.25, -0.2) is 0 Å². The zero-order valence-electron chi connectivity index (χ0n) is 9.13. The summed E-state index contributed by atoms with van der Waals surface area (Å²) in [5.74, 6) is -6.31. The van der Waals surface area contributed by atoms with Crippen LogP contribution in [0.2, 0.25) is 0 Å². The highest BCUT2D eigenvalue weighted by atomic mass is 19.4. The average molecular weight is 271 g/mol. The Bertz CT molecular complexity index is 433. The van der Waals surface area contributed by atoms with Crippen molar-refractivity contribution in [2.24, 2.45) is 5.73 Å². The molecule has 0 amide bonds. The number of alkyl halides is 5. The predicted octanol–water partition coefficient (Wildman–Crippen LogP) is 2.60. The number of methoxy groups -OCH3 is 1. The first kappa shape index (κ1) is 14.5. The van der Waals surface area contributed by atoms with Crippen molar-refractivity contribution in [1.82, 2.24) is 0 Å². The van der Waals surface area contributed by atoms with Crippen LogP contribution in [-0.4, -0.2) is 24.3 Å². The highest BCUT2D eigenvalue weighted by molar-refractivity contribution is 5.47. The summed E-state index contributed by atoms with van der Waals surface area (Å²) in [6, 6.07) is 0.551. The van der Waals surface area contributed by atoms with Crippen LogP contribution in [0.1, 0.15) is 11.6 Å². The molecule has 1 atom stereocenters. The second-order valence-corrected chi connectivity index (χ2v) is 3.49. The summed E-state index contributed by atoms with van der Waals surface area (Å²) in [4.78, 5) is 0. The third-order valence-electron chi connectivity index (χ3n) is 2.34. The SMILES string of the molecule is COc1cccc(O)c1[C@H](N)C(F)(F)C(F)(F)F. The Morgan fingerprint density at radius 3 is 2.22 bits per heavy atom. The first-order valence-electron chi connectivity index (χ1n) is 4.69. The maximum Gasteiger partial charge on any atom is 0.455 e. The number of benzene rings is 1. The smallest absolute Gasteiger partial charge is 0.455 e. The first-order valence-corrected chi connectivity index (χ1v) is 4.69. The van der Waals surface area contributed by atoms with Crippen molar-refractivity contribution < 1.29 is 31.8 Å². The van der Waals surface area contributed by atoms with Gasteiger partial charge in [-0.2, -0.15) is 22.0 Å². The molecule has 102 valence electrons. The minimum absolute atomic E-state index is 0.341. The molecule has 0 saturated heterocycles. The van der Waals surface area contributed by atoms with Gasteiger partial charge in [0.2, 0.25) is 0 Å². The van der Waals surface area contributed by atoms with E-state index >= 15 is 0 Å². The number of hydrogen-bond donors (Lipinski definition) is 2. The molecule has 0 fully saturated rings. The van der Waals surface area contributed by atoms with Crippen LogP contribution in [0.25, 0.3) is 0 Å². The topological polar surface area (TPSA) is 55.5 Å². The van der Waals surface area contributed by atoms with Gasteiger partial charge in [0, 0.05) is 0 Å². The van der Waals surface area contributed by atoms with Crippen LogP contribution in [0.15, 0.2) is 18.2 Å². The van der Waals surface area contributed by atoms with E-state index in [0.29, 0.717) is 0 Å². The lowest BCUT2D eigenvalue weighted by Gasteiger charge is -2.27. The quantitative estimate of drug-likeness (QED) is 0.831. The lowest BCUT2D eigenvalue weighted by Crippen LogP contribution is -2.46. The number of nitrogens with two attached hydrogens (primary N) is 1. The van der Waals surface area contributed by atoms with Gasteiger partial charge in [-0.05, 0) is 12.1 Å². The van der Waals surface area contributed by atoms with Crippen molar-refractivity contribution in [3.05, 3.63) is 23.8 Å². The molecule has 18 heavy (non-hydrogen) atoms. The van der Waals surface area contributed by atoms with Gasteiger partial charge in [-0.1, -0.05) is 6.07 Å². The summed E-state index contributed by atoms with van der Waals surface area (Å²) in [5.41, 5.74) is 4.14. The molecule has 0 radical (unpaired) electrons. The van der Waals surface area contributed by atoms with Gasteiger partial charge in [0.05, 0.1) is 12.7 Å². The van der Waals surface area contributed by atoms with Crippen LogP contribution >= 0.6 is 0 Å². The molecule has 1 aromatic carbocycles. The number of rotatable bonds is 3. The van der Waals surface area contributed by atoms with E-state index < -0.39 is 29.5 Å². The standard InChI is InChI=1S/C10H10F5NO2/c1-18-6-4-2-3-5(17)7(6)8(16)9(11,12)10(13,14)15/h2-4,8,17H,16H2,1H3/t8-/m0/s1. The minimum atomic E-state index is -5.82. The van der Waals surface area contributed by atoms with Gasteiger partial charge >= 0.3 is 12.1 Å². The van der Waals surface area contributed by atoms with E-state index in [1.165, 1.54) is 6.07 Å². The molecule has 0 bridgehead atoms. The monoisotopic (exact) mass is 271 g/mol. The van der Waals surface area contributed by atoms with Gasteiger partial charge in [0.1, 0.15) is 17.5 Å². The number of aromatic hydroxyl groups is 1. The lowest BCUT2D eigenvalue weighted by molar-refractivity contribution is -0.291. The number of halogens is 5. The fourth-order valence-corrected chi connectivity index (χ4v) is 1.38. The zero-order valence-corrected chi connectivity index (χ0v) is 9.13. The second-order valence-electron chi connectivity index (χ2n) is 3.49. The predicted molar refractivity (Wildman–Crippen MR) is 52.6 cm³/mol. The normalized spacial score (nSPS) is 14.4. The molecular weight excluding hydrogens is 261 g/mol. The van der Waals surface area contributed by atoms with E-state index in [2.05, 4.69) is 4.74 Å². The summed E-state index contributed by atoms with van der Waals surface area (Å²) >= 11 is 0. The van der Waals surface area contributed by atoms with E-state index in [0.717, 1.165) is 19.2 Å². The largest absolute Gasteiger partial charge is 0.507 e. The molecule has 0 aliphatic heterocycles. The summed E-state index contributed by atoms with van der Waals surface area (Å²) in [7, 11) is 1.07. The van der Waals surface area contributed by atoms with Gasteiger partial charge < -0.3 is 15.6 Å². The molecule has 0 aliphatic carbocycles. The lowest BCUT2D eigenvalue weighted by atomic mass is 9.99. The first-order chi connectivity index (χ1) is 8.13. The molecule has 3 N–H and O–H groups in total. The van der Waals surface area contributed by atoms with Crippen molar-refractivity contribution in [2.75, 3.05) is 7.11 Å². The second kappa shape index (κ2) is 4.60. The fourth-order valence-electron chi connectivity index (χ4n) is 1.38. The van der Waals surface area contributed by atoms with E-state index in [-0.39, 0.29) is 5.75 Å². The van der Waals surface area contributed by atoms with Crippen LogP contribution in [0, 0.1) is 0 Å². The molecule has 0 spiro atoms. The average Bonchev–Trinajstić information content (AvgIpc) is 2.26. The summed E-state index contributed by atoms with van der Waals surface area (Å²) in [6.07, 6.45) is -5.82. The molecular formula is C10H10F5NO2. The Morgan fingerprint density at radius 2 is 1.78 bits per heavy atom. The molecule has 1 aromatic rings. The Morgan fingerprint density at radius 1 is 1.22 bits per heavy atom. The van der Waals surface area contributed by atoms with Crippen molar-refractivity contribution in [3.8, 4) is 11.5 Å². The van der Waals surface area contributed by atoms with E-state index in [1.807, 2.05) is 0 Å². The molecule has 8 heteroatoms.